The average Bonchev–Trinajstić information content (AvgIpc) is 3.50. The van der Waals surface area contributed by atoms with E-state index in [1.54, 1.807) is 26.1 Å². The summed E-state index contributed by atoms with van der Waals surface area (Å²) in [5.41, 5.74) is 0.932. The average molecular weight is 910 g/mol. The molecule has 5 heterocycles. The van der Waals surface area contributed by atoms with E-state index in [-0.39, 0.29) is 42.0 Å². The number of imide groups is 1. The second kappa shape index (κ2) is 18.3. The largest absolute Gasteiger partial charge is 0.421 e. The lowest BCUT2D eigenvalue weighted by atomic mass is 9.63. The molecular weight excluding hydrogens is 851 g/mol. The van der Waals surface area contributed by atoms with Gasteiger partial charge in [0, 0.05) is 74.3 Å². The van der Waals surface area contributed by atoms with Gasteiger partial charge in [0.15, 0.2) is 5.82 Å². The molecule has 2 atom stereocenters. The lowest BCUT2D eigenvalue weighted by molar-refractivity contribution is -0.137. The number of hydrogen-bond acceptors (Lipinski definition) is 11. The van der Waals surface area contributed by atoms with Crippen LogP contribution in [0.3, 0.4) is 0 Å². The molecule has 2 aromatic heterocycles. The van der Waals surface area contributed by atoms with Crippen molar-refractivity contribution in [1.29, 1.82) is 0 Å². The summed E-state index contributed by atoms with van der Waals surface area (Å²) < 4.78 is 60.9. The van der Waals surface area contributed by atoms with Crippen LogP contribution in [-0.4, -0.2) is 98.1 Å². The van der Waals surface area contributed by atoms with Crippen molar-refractivity contribution in [2.24, 2.45) is 18.4 Å². The van der Waals surface area contributed by atoms with Crippen molar-refractivity contribution in [2.45, 2.75) is 113 Å². The Balaban J connectivity index is 0.796. The second-order valence-electron chi connectivity index (χ2n) is 19.0. The quantitative estimate of drug-likeness (QED) is 0.0905. The first-order chi connectivity index (χ1) is 30.4. The highest BCUT2D eigenvalue weighted by Crippen LogP contribution is 2.55. The Morgan fingerprint density at radius 2 is 1.80 bits per heavy atom. The van der Waals surface area contributed by atoms with Gasteiger partial charge in [0.05, 0.1) is 16.8 Å². The monoisotopic (exact) mass is 909 g/mol. The van der Waals surface area contributed by atoms with Crippen molar-refractivity contribution in [1.82, 2.24) is 29.3 Å². The van der Waals surface area contributed by atoms with Crippen LogP contribution >= 0.6 is 11.8 Å². The smallest absolute Gasteiger partial charge is 0.388 e. The number of halogens is 4. The molecule has 2 unspecified atom stereocenters. The lowest BCUT2D eigenvalue weighted by Gasteiger charge is -2.52. The van der Waals surface area contributed by atoms with E-state index in [0.29, 0.717) is 60.0 Å². The van der Waals surface area contributed by atoms with Crippen molar-refractivity contribution < 1.29 is 32.3 Å². The number of hydrogen-bond donors (Lipinski definition) is 3. The van der Waals surface area contributed by atoms with Crippen LogP contribution in [0.2, 0.25) is 0 Å². The normalized spacial score (nSPS) is 21.6. The van der Waals surface area contributed by atoms with Crippen molar-refractivity contribution in [3.05, 3.63) is 64.0 Å². The first-order valence-corrected chi connectivity index (χ1v) is 23.4. The summed E-state index contributed by atoms with van der Waals surface area (Å²) in [5.74, 6) is -0.445. The summed E-state index contributed by atoms with van der Waals surface area (Å²) in [4.78, 5) is 51.3. The zero-order chi connectivity index (χ0) is 45.6. The lowest BCUT2D eigenvalue weighted by Crippen LogP contribution is -2.49. The molecule has 4 aliphatic rings. The highest BCUT2D eigenvalue weighted by Gasteiger charge is 2.46. The Bertz CT molecular complexity index is 2420. The van der Waals surface area contributed by atoms with Crippen LogP contribution < -0.4 is 26.1 Å². The van der Waals surface area contributed by atoms with Crippen LogP contribution in [0.25, 0.3) is 11.0 Å². The van der Waals surface area contributed by atoms with Crippen molar-refractivity contribution >= 4 is 58.3 Å². The van der Waals surface area contributed by atoms with E-state index in [9.17, 15) is 32.7 Å². The summed E-state index contributed by atoms with van der Waals surface area (Å²) in [6, 6.07) is 9.29. The Morgan fingerprint density at radius 1 is 1.06 bits per heavy atom. The maximum Gasteiger partial charge on any atom is 0.421 e. The molecule has 2 aromatic carbocycles. The molecule has 3 aliphatic heterocycles. The fraction of sp³-hybridized carbons (Fsp3) is 0.587. The number of nitrogens with one attached hydrogen (secondary N) is 2. The van der Waals surface area contributed by atoms with Crippen molar-refractivity contribution in [3.8, 4) is 0 Å². The summed E-state index contributed by atoms with van der Waals surface area (Å²) in [6.07, 6.45) is 4.66. The Morgan fingerprint density at radius 3 is 2.47 bits per heavy atom. The summed E-state index contributed by atoms with van der Waals surface area (Å²) in [7, 11) is 1.57. The first kappa shape index (κ1) is 45.9. The Kier molecular flexibility index (Phi) is 13.1. The Hall–Kier alpha value is -4.68. The van der Waals surface area contributed by atoms with E-state index >= 15 is 4.39 Å². The SMILES string of the molecule is Cc1cc(SC2CC3(CCN(CC4CCN(c5ccc6c(c5F)n(C)c(=O)n6C(C)CCC(=O)NC=O)CC4)CC3)C2)ccc1Nc1ncc(C(F)(F)F)c(N2CCCC(C)(O)C2)n1. The molecule has 13 nitrogen and oxygen atoms in total. The number of rotatable bonds is 13. The van der Waals surface area contributed by atoms with Crippen LogP contribution in [0.4, 0.5) is 40.7 Å². The number of amides is 2. The first-order valence-electron chi connectivity index (χ1n) is 22.5. The number of benzene rings is 2. The molecule has 346 valence electrons. The van der Waals surface area contributed by atoms with Gasteiger partial charge in [0.2, 0.25) is 18.3 Å². The number of carbonyl (C=O) groups excluding carboxylic acids is 2. The molecular formula is C46H59F4N9O4S. The van der Waals surface area contributed by atoms with Crippen LogP contribution in [0.5, 0.6) is 0 Å². The molecule has 4 fully saturated rings. The third kappa shape index (κ3) is 9.78. The van der Waals surface area contributed by atoms with E-state index in [1.807, 2.05) is 37.7 Å². The molecule has 3 saturated heterocycles. The molecule has 1 saturated carbocycles. The van der Waals surface area contributed by atoms with Crippen molar-refractivity contribution in [3.63, 3.8) is 0 Å². The van der Waals surface area contributed by atoms with E-state index in [1.165, 1.54) is 39.7 Å². The number of piperidine rings is 3. The maximum atomic E-state index is 16.2. The number of fused-ring (bicyclic) bond motifs is 1. The number of β-amino-alcohol motifs (C(OH)–C–C–N with tert-alkyl or cyclic N) is 1. The molecule has 3 N–H and O–H groups in total. The van der Waals surface area contributed by atoms with Crippen LogP contribution in [0.15, 0.2) is 46.2 Å². The fourth-order valence-electron chi connectivity index (χ4n) is 10.5. The summed E-state index contributed by atoms with van der Waals surface area (Å²) in [5, 5.41) is 16.4. The van der Waals surface area contributed by atoms with Gasteiger partial charge in [-0.1, -0.05) is 0 Å². The zero-order valence-corrected chi connectivity index (χ0v) is 37.8. The third-order valence-electron chi connectivity index (χ3n) is 14.1. The fourth-order valence-corrected chi connectivity index (χ4v) is 12.1. The molecule has 2 amide bonds. The summed E-state index contributed by atoms with van der Waals surface area (Å²) >= 11 is 1.89. The number of imidazole rings is 1. The third-order valence-corrected chi connectivity index (χ3v) is 15.3. The van der Waals surface area contributed by atoms with E-state index in [2.05, 4.69) is 36.5 Å². The highest BCUT2D eigenvalue weighted by molar-refractivity contribution is 8.00. The summed E-state index contributed by atoms with van der Waals surface area (Å²) in [6.45, 7) is 10.5. The van der Waals surface area contributed by atoms with Gasteiger partial charge in [-0.3, -0.25) is 24.0 Å². The van der Waals surface area contributed by atoms with E-state index in [4.69, 9.17) is 0 Å². The number of aliphatic hydroxyl groups is 1. The number of likely N-dealkylation sites (tertiary alicyclic amines) is 1. The van der Waals surface area contributed by atoms with Gasteiger partial charge in [-0.05, 0) is 139 Å². The molecule has 64 heavy (non-hydrogen) atoms. The molecule has 1 aliphatic carbocycles. The standard InChI is InChI=1S/C46H59F4N9O4S/c1-29-22-32(7-8-35(29)53-42-51-25-34(46(48,49)50)41(54-42)58-17-5-14-44(3,63)27-58)64-33-23-45(24-33)15-20-56(21-16-45)26-31-12-18-57(19-13-31)36-9-10-37-40(39(36)47)55(4)43(62)59(37)30(2)6-11-38(61)52-28-60/h7-10,22,25,28,30-31,33,63H,5-6,11-21,23-24,26-27H2,1-4H3,(H,51,53,54)(H,52,60,61). The molecule has 0 radical (unpaired) electrons. The molecule has 18 heteroatoms. The predicted molar refractivity (Wildman–Crippen MR) is 241 cm³/mol. The van der Waals surface area contributed by atoms with Gasteiger partial charge in [-0.2, -0.15) is 18.2 Å². The molecule has 1 spiro atoms. The number of aryl methyl sites for hydroxylation is 2. The van der Waals surface area contributed by atoms with Gasteiger partial charge in [-0.15, -0.1) is 11.8 Å². The molecule has 8 rings (SSSR count). The second-order valence-corrected chi connectivity index (χ2v) is 20.4. The number of nitrogens with zero attached hydrogens (tertiary/aromatic N) is 7. The number of thioether (sulfide) groups is 1. The van der Waals surface area contributed by atoms with Crippen LogP contribution in [-0.2, 0) is 22.8 Å². The predicted octanol–water partition coefficient (Wildman–Crippen LogP) is 7.56. The van der Waals surface area contributed by atoms with E-state index < -0.39 is 29.1 Å². The minimum atomic E-state index is -4.63. The van der Waals surface area contributed by atoms with Crippen molar-refractivity contribution in [2.75, 3.05) is 60.9 Å². The van der Waals surface area contributed by atoms with Gasteiger partial charge in [0.25, 0.3) is 0 Å². The molecule has 4 aromatic rings. The number of alkyl halides is 3. The number of aromatic nitrogens is 4. The zero-order valence-electron chi connectivity index (χ0n) is 37.0. The van der Waals surface area contributed by atoms with Gasteiger partial charge in [-0.25, -0.2) is 14.2 Å². The van der Waals surface area contributed by atoms with Gasteiger partial charge in [0.1, 0.15) is 16.9 Å². The van der Waals surface area contributed by atoms with E-state index in [0.717, 1.165) is 67.9 Å². The molecule has 0 bridgehead atoms. The number of anilines is 4. The van der Waals surface area contributed by atoms with Crippen LogP contribution in [0.1, 0.15) is 95.2 Å². The van der Waals surface area contributed by atoms with Crippen LogP contribution in [0, 0.1) is 24.1 Å². The Labute approximate surface area is 375 Å². The van der Waals surface area contributed by atoms with Gasteiger partial charge < -0.3 is 25.1 Å². The minimum absolute atomic E-state index is 0.0602. The highest BCUT2D eigenvalue weighted by atomic mass is 32.2. The van der Waals surface area contributed by atoms with Gasteiger partial charge >= 0.3 is 11.9 Å². The maximum absolute atomic E-state index is 16.2. The minimum Gasteiger partial charge on any atom is -0.388 e. The number of carbonyl (C=O) groups is 2. The topological polar surface area (TPSA) is 141 Å².